The number of carbonyl (C=O) groups is 1. The molecule has 0 aromatic carbocycles. The van der Waals surface area contributed by atoms with Crippen LogP contribution in [0.15, 0.2) is 18.5 Å². The highest BCUT2D eigenvalue weighted by molar-refractivity contribution is 5.97. The molecule has 3 heteroatoms. The largest absolute Gasteiger partial charge is 0.294 e. The lowest BCUT2D eigenvalue weighted by Crippen LogP contribution is -2.14. The maximum absolute atomic E-state index is 13.2. The first-order valence-corrected chi connectivity index (χ1v) is 4.84. The standard InChI is InChI=1S/C11H14FNO/c1-3-8(4-2)11(14)9-5-6-13-7-10(9)12/h5-8H,3-4H2,1-2H3. The Bertz CT molecular complexity index is 321. The average molecular weight is 195 g/mol. The highest BCUT2D eigenvalue weighted by atomic mass is 19.1. The van der Waals surface area contributed by atoms with Crippen molar-refractivity contribution in [3.63, 3.8) is 0 Å². The van der Waals surface area contributed by atoms with Gasteiger partial charge >= 0.3 is 0 Å². The first kappa shape index (κ1) is 10.8. The number of nitrogens with zero attached hydrogens (tertiary/aromatic N) is 1. The van der Waals surface area contributed by atoms with Crippen LogP contribution < -0.4 is 0 Å². The monoisotopic (exact) mass is 195 g/mol. The molecule has 2 nitrogen and oxygen atoms in total. The van der Waals surface area contributed by atoms with Crippen molar-refractivity contribution in [3.05, 3.63) is 29.8 Å². The fraction of sp³-hybridized carbons (Fsp3) is 0.455. The zero-order valence-electron chi connectivity index (χ0n) is 8.46. The van der Waals surface area contributed by atoms with Crippen molar-refractivity contribution in [1.82, 2.24) is 4.98 Å². The molecule has 14 heavy (non-hydrogen) atoms. The second-order valence-corrected chi connectivity index (χ2v) is 3.23. The van der Waals surface area contributed by atoms with Crippen LogP contribution in [0.25, 0.3) is 0 Å². The Hall–Kier alpha value is -1.25. The minimum atomic E-state index is -0.524. The van der Waals surface area contributed by atoms with Crippen LogP contribution in [0.4, 0.5) is 4.39 Å². The molecule has 0 atom stereocenters. The number of ketones is 1. The molecule has 1 rings (SSSR count). The van der Waals surface area contributed by atoms with Crippen molar-refractivity contribution in [2.24, 2.45) is 5.92 Å². The topological polar surface area (TPSA) is 30.0 Å². The fourth-order valence-electron chi connectivity index (χ4n) is 1.45. The number of hydrogen-bond donors (Lipinski definition) is 0. The summed E-state index contributed by atoms with van der Waals surface area (Å²) in [5.74, 6) is -0.716. The van der Waals surface area contributed by atoms with Crippen LogP contribution in [0.3, 0.4) is 0 Å². The molecule has 0 unspecified atom stereocenters. The molecule has 0 bridgehead atoms. The number of rotatable bonds is 4. The predicted molar refractivity (Wildman–Crippen MR) is 52.6 cm³/mol. The van der Waals surface area contributed by atoms with E-state index in [1.54, 1.807) is 0 Å². The van der Waals surface area contributed by atoms with E-state index < -0.39 is 5.82 Å². The lowest BCUT2D eigenvalue weighted by molar-refractivity contribution is 0.0909. The smallest absolute Gasteiger partial charge is 0.168 e. The van der Waals surface area contributed by atoms with Gasteiger partial charge in [0.25, 0.3) is 0 Å². The molecule has 0 radical (unpaired) electrons. The number of aromatic nitrogens is 1. The van der Waals surface area contributed by atoms with Gasteiger partial charge in [-0.3, -0.25) is 9.78 Å². The van der Waals surface area contributed by atoms with E-state index in [0.717, 1.165) is 19.0 Å². The SMILES string of the molecule is CCC(CC)C(=O)c1ccncc1F. The first-order valence-electron chi connectivity index (χ1n) is 4.84. The lowest BCUT2D eigenvalue weighted by atomic mass is 9.93. The van der Waals surface area contributed by atoms with Crippen LogP contribution in [-0.4, -0.2) is 10.8 Å². The van der Waals surface area contributed by atoms with Crippen molar-refractivity contribution >= 4 is 5.78 Å². The summed E-state index contributed by atoms with van der Waals surface area (Å²) < 4.78 is 13.2. The number of carbonyl (C=O) groups excluding carboxylic acids is 1. The van der Waals surface area contributed by atoms with Gasteiger partial charge in [0.15, 0.2) is 11.6 Å². The molecule has 76 valence electrons. The van der Waals surface area contributed by atoms with E-state index in [1.165, 1.54) is 12.3 Å². The molecule has 0 amide bonds. The summed E-state index contributed by atoms with van der Waals surface area (Å²) in [4.78, 5) is 15.4. The third-order valence-corrected chi connectivity index (χ3v) is 2.39. The molecule has 0 saturated heterocycles. The molecule has 1 aromatic heterocycles. The van der Waals surface area contributed by atoms with E-state index in [1.807, 2.05) is 13.8 Å². The maximum atomic E-state index is 13.2. The second kappa shape index (κ2) is 4.84. The van der Waals surface area contributed by atoms with Gasteiger partial charge in [-0.05, 0) is 18.9 Å². The minimum Gasteiger partial charge on any atom is -0.294 e. The Morgan fingerprint density at radius 2 is 2.14 bits per heavy atom. The van der Waals surface area contributed by atoms with Crippen LogP contribution in [-0.2, 0) is 0 Å². The van der Waals surface area contributed by atoms with Gasteiger partial charge in [0.2, 0.25) is 0 Å². The van der Waals surface area contributed by atoms with Crippen molar-refractivity contribution < 1.29 is 9.18 Å². The molecule has 0 aliphatic carbocycles. The van der Waals surface area contributed by atoms with E-state index in [-0.39, 0.29) is 17.3 Å². The normalized spacial score (nSPS) is 10.6. The van der Waals surface area contributed by atoms with E-state index in [9.17, 15) is 9.18 Å². The lowest BCUT2D eigenvalue weighted by Gasteiger charge is -2.10. The molecule has 1 aromatic rings. The van der Waals surface area contributed by atoms with Crippen LogP contribution in [0, 0.1) is 11.7 Å². The summed E-state index contributed by atoms with van der Waals surface area (Å²) in [5.41, 5.74) is 0.161. The van der Waals surface area contributed by atoms with Crippen LogP contribution >= 0.6 is 0 Å². The first-order chi connectivity index (χ1) is 6.70. The highest BCUT2D eigenvalue weighted by Crippen LogP contribution is 2.17. The molecule has 0 fully saturated rings. The molecular formula is C11H14FNO. The van der Waals surface area contributed by atoms with Gasteiger partial charge in [-0.1, -0.05) is 13.8 Å². The molecular weight excluding hydrogens is 181 g/mol. The van der Waals surface area contributed by atoms with E-state index in [4.69, 9.17) is 0 Å². The van der Waals surface area contributed by atoms with Crippen molar-refractivity contribution in [2.75, 3.05) is 0 Å². The number of hydrogen-bond acceptors (Lipinski definition) is 2. The van der Waals surface area contributed by atoms with Crippen molar-refractivity contribution in [1.29, 1.82) is 0 Å². The van der Waals surface area contributed by atoms with Gasteiger partial charge < -0.3 is 0 Å². The van der Waals surface area contributed by atoms with Gasteiger partial charge in [-0.2, -0.15) is 0 Å². The number of halogens is 1. The quantitative estimate of drug-likeness (QED) is 0.691. The molecule has 0 aliphatic rings. The van der Waals surface area contributed by atoms with Gasteiger partial charge in [-0.15, -0.1) is 0 Å². The third-order valence-electron chi connectivity index (χ3n) is 2.39. The van der Waals surface area contributed by atoms with Crippen LogP contribution in [0.1, 0.15) is 37.0 Å². The zero-order valence-corrected chi connectivity index (χ0v) is 8.46. The summed E-state index contributed by atoms with van der Waals surface area (Å²) in [6.07, 6.45) is 4.02. The summed E-state index contributed by atoms with van der Waals surface area (Å²) >= 11 is 0. The van der Waals surface area contributed by atoms with Crippen LogP contribution in [0.2, 0.25) is 0 Å². The molecule has 0 aliphatic heterocycles. The van der Waals surface area contributed by atoms with Gasteiger partial charge in [0.1, 0.15) is 0 Å². The second-order valence-electron chi connectivity index (χ2n) is 3.23. The minimum absolute atomic E-state index is 0.0769. The molecule has 1 heterocycles. The van der Waals surface area contributed by atoms with Gasteiger partial charge in [0.05, 0.1) is 11.8 Å². The summed E-state index contributed by atoms with van der Waals surface area (Å²) in [6.45, 7) is 3.87. The molecule has 0 spiro atoms. The van der Waals surface area contributed by atoms with Gasteiger partial charge in [0, 0.05) is 12.1 Å². The van der Waals surface area contributed by atoms with E-state index in [0.29, 0.717) is 0 Å². The molecule has 0 N–H and O–H groups in total. The predicted octanol–water partition coefficient (Wildman–Crippen LogP) is 2.84. The van der Waals surface area contributed by atoms with Crippen molar-refractivity contribution in [2.45, 2.75) is 26.7 Å². The summed E-state index contributed by atoms with van der Waals surface area (Å²) in [6, 6.07) is 1.44. The highest BCUT2D eigenvalue weighted by Gasteiger charge is 2.19. The summed E-state index contributed by atoms with van der Waals surface area (Å²) in [5, 5.41) is 0. The average Bonchev–Trinajstić information content (AvgIpc) is 2.20. The van der Waals surface area contributed by atoms with Crippen LogP contribution in [0.5, 0.6) is 0 Å². The Kier molecular flexibility index (Phi) is 3.74. The summed E-state index contributed by atoms with van der Waals surface area (Å²) in [7, 11) is 0. The third kappa shape index (κ3) is 2.16. The number of pyridine rings is 1. The van der Waals surface area contributed by atoms with Crippen molar-refractivity contribution in [3.8, 4) is 0 Å². The number of Topliss-reactive ketones (excluding diaryl/α,β-unsaturated/α-hetero) is 1. The zero-order chi connectivity index (χ0) is 10.6. The Labute approximate surface area is 83.2 Å². The molecule has 0 saturated carbocycles. The van der Waals surface area contributed by atoms with E-state index >= 15 is 0 Å². The Morgan fingerprint density at radius 1 is 1.50 bits per heavy atom. The maximum Gasteiger partial charge on any atom is 0.168 e. The fourth-order valence-corrected chi connectivity index (χ4v) is 1.45. The van der Waals surface area contributed by atoms with E-state index in [2.05, 4.69) is 4.98 Å². The Morgan fingerprint density at radius 3 is 2.64 bits per heavy atom. The Balaban J connectivity index is 2.94. The van der Waals surface area contributed by atoms with Gasteiger partial charge in [-0.25, -0.2) is 4.39 Å².